The Kier molecular flexibility index (Phi) is 5.99. The van der Waals surface area contributed by atoms with Gasteiger partial charge in [0, 0.05) is 29.9 Å². The summed E-state index contributed by atoms with van der Waals surface area (Å²) >= 11 is 0. The van der Waals surface area contributed by atoms with E-state index in [1.165, 1.54) is 4.80 Å². The summed E-state index contributed by atoms with van der Waals surface area (Å²) in [4.78, 5) is 30.6. The summed E-state index contributed by atoms with van der Waals surface area (Å²) in [7, 11) is 0. The van der Waals surface area contributed by atoms with Gasteiger partial charge in [0.25, 0.3) is 5.91 Å². The van der Waals surface area contributed by atoms with E-state index in [1.807, 2.05) is 54.3 Å². The number of rotatable bonds is 5. The fourth-order valence-corrected chi connectivity index (χ4v) is 4.34. The van der Waals surface area contributed by atoms with E-state index < -0.39 is 0 Å². The molecule has 0 unspecified atom stereocenters. The predicted octanol–water partition coefficient (Wildman–Crippen LogP) is 3.53. The highest BCUT2D eigenvalue weighted by Gasteiger charge is 2.33. The monoisotopic (exact) mass is 454 g/mol. The summed E-state index contributed by atoms with van der Waals surface area (Å²) in [6, 6.07) is 13.6. The lowest BCUT2D eigenvalue weighted by atomic mass is 9.96. The third kappa shape index (κ3) is 4.36. The van der Waals surface area contributed by atoms with Gasteiger partial charge in [-0.05, 0) is 38.8 Å². The molecule has 1 aromatic carbocycles. The summed E-state index contributed by atoms with van der Waals surface area (Å²) in [5.74, 6) is 1.06. The van der Waals surface area contributed by atoms with E-state index in [9.17, 15) is 4.79 Å². The SMILES string of the molecule is Cc1ccc(C(=O)N2CCC[C@@H](Nc3cncc(-c4ccccc4)n3)[C@@H]2C)c(-n2nccn2)n1. The van der Waals surface area contributed by atoms with Gasteiger partial charge in [-0.1, -0.05) is 30.3 Å². The molecule has 1 fully saturated rings. The van der Waals surface area contributed by atoms with Crippen LogP contribution in [-0.2, 0) is 0 Å². The van der Waals surface area contributed by atoms with Gasteiger partial charge >= 0.3 is 0 Å². The van der Waals surface area contributed by atoms with Crippen molar-refractivity contribution in [2.24, 2.45) is 0 Å². The highest BCUT2D eigenvalue weighted by atomic mass is 16.2. The van der Waals surface area contributed by atoms with Crippen molar-refractivity contribution in [2.75, 3.05) is 11.9 Å². The number of piperidine rings is 1. The minimum atomic E-state index is -0.0806. The number of aromatic nitrogens is 6. The van der Waals surface area contributed by atoms with E-state index in [0.717, 1.165) is 29.8 Å². The number of likely N-dealkylation sites (tertiary alicyclic amines) is 1. The molecule has 0 radical (unpaired) electrons. The number of aryl methyl sites for hydroxylation is 1. The molecule has 172 valence electrons. The Balaban J connectivity index is 1.37. The first kappa shape index (κ1) is 21.7. The van der Waals surface area contributed by atoms with Crippen molar-refractivity contribution in [3.63, 3.8) is 0 Å². The maximum Gasteiger partial charge on any atom is 0.258 e. The third-order valence-electron chi connectivity index (χ3n) is 6.14. The topological polar surface area (TPSA) is 102 Å². The number of benzene rings is 1. The van der Waals surface area contributed by atoms with E-state index in [0.29, 0.717) is 23.7 Å². The molecule has 9 heteroatoms. The molecule has 34 heavy (non-hydrogen) atoms. The number of anilines is 1. The van der Waals surface area contributed by atoms with Gasteiger partial charge in [0.2, 0.25) is 0 Å². The number of pyridine rings is 1. The molecular formula is C25H26N8O. The Morgan fingerprint density at radius 2 is 1.82 bits per heavy atom. The fraction of sp³-hybridized carbons (Fsp3) is 0.280. The van der Waals surface area contributed by atoms with Crippen LogP contribution in [0.15, 0.2) is 67.3 Å². The zero-order valence-electron chi connectivity index (χ0n) is 19.2. The molecule has 1 N–H and O–H groups in total. The first-order valence-electron chi connectivity index (χ1n) is 11.4. The van der Waals surface area contributed by atoms with Crippen LogP contribution < -0.4 is 5.32 Å². The molecule has 4 aromatic rings. The lowest BCUT2D eigenvalue weighted by molar-refractivity contribution is 0.0616. The van der Waals surface area contributed by atoms with Gasteiger partial charge in [0.15, 0.2) is 5.82 Å². The second-order valence-electron chi connectivity index (χ2n) is 8.43. The quantitative estimate of drug-likeness (QED) is 0.492. The van der Waals surface area contributed by atoms with Crippen LogP contribution in [0.4, 0.5) is 5.82 Å². The van der Waals surface area contributed by atoms with Crippen LogP contribution in [0.25, 0.3) is 17.1 Å². The maximum atomic E-state index is 13.6. The maximum absolute atomic E-state index is 13.6. The van der Waals surface area contributed by atoms with Gasteiger partial charge in [-0.25, -0.2) is 9.97 Å². The Labute approximate surface area is 197 Å². The number of nitrogens with one attached hydrogen (secondary N) is 1. The number of nitrogens with zero attached hydrogens (tertiary/aromatic N) is 7. The van der Waals surface area contributed by atoms with Crippen molar-refractivity contribution in [3.05, 3.63) is 78.5 Å². The molecule has 5 rings (SSSR count). The summed E-state index contributed by atoms with van der Waals surface area (Å²) in [5, 5.41) is 11.9. The van der Waals surface area contributed by atoms with Crippen molar-refractivity contribution in [2.45, 2.75) is 38.8 Å². The van der Waals surface area contributed by atoms with Crippen molar-refractivity contribution < 1.29 is 4.79 Å². The molecule has 0 bridgehead atoms. The smallest absolute Gasteiger partial charge is 0.258 e. The molecule has 2 atom stereocenters. The Hall–Kier alpha value is -4.14. The van der Waals surface area contributed by atoms with E-state index in [1.54, 1.807) is 24.8 Å². The molecule has 3 aromatic heterocycles. The van der Waals surface area contributed by atoms with Gasteiger partial charge in [-0.2, -0.15) is 10.2 Å². The minimum absolute atomic E-state index is 0.0442. The van der Waals surface area contributed by atoms with E-state index in [4.69, 9.17) is 4.98 Å². The summed E-state index contributed by atoms with van der Waals surface area (Å²) in [5.41, 5.74) is 3.11. The molecule has 1 aliphatic rings. The van der Waals surface area contributed by atoms with Gasteiger partial charge in [0.1, 0.15) is 5.82 Å². The van der Waals surface area contributed by atoms with E-state index in [2.05, 4.69) is 32.4 Å². The molecular weight excluding hydrogens is 428 g/mol. The average molecular weight is 455 g/mol. The van der Waals surface area contributed by atoms with Crippen LogP contribution in [0, 0.1) is 6.92 Å². The number of hydrogen-bond acceptors (Lipinski definition) is 7. The lowest BCUT2D eigenvalue weighted by Crippen LogP contribution is -2.52. The van der Waals surface area contributed by atoms with Gasteiger partial charge in [-0.3, -0.25) is 9.78 Å². The summed E-state index contributed by atoms with van der Waals surface area (Å²) < 4.78 is 0. The van der Waals surface area contributed by atoms with Crippen molar-refractivity contribution in [1.82, 2.24) is 34.8 Å². The highest BCUT2D eigenvalue weighted by molar-refractivity contribution is 5.97. The molecule has 1 amide bonds. The van der Waals surface area contributed by atoms with Crippen LogP contribution in [0.1, 0.15) is 35.8 Å². The van der Waals surface area contributed by atoms with Gasteiger partial charge in [0.05, 0.1) is 36.0 Å². The molecule has 0 aliphatic carbocycles. The average Bonchev–Trinajstić information content (AvgIpc) is 3.41. The van der Waals surface area contributed by atoms with Crippen molar-refractivity contribution in [1.29, 1.82) is 0 Å². The zero-order chi connectivity index (χ0) is 23.5. The molecule has 1 saturated heterocycles. The van der Waals surface area contributed by atoms with Crippen LogP contribution in [0.2, 0.25) is 0 Å². The predicted molar refractivity (Wildman–Crippen MR) is 129 cm³/mol. The highest BCUT2D eigenvalue weighted by Crippen LogP contribution is 2.25. The van der Waals surface area contributed by atoms with Crippen molar-refractivity contribution >= 4 is 11.7 Å². The number of carbonyl (C=O) groups is 1. The zero-order valence-corrected chi connectivity index (χ0v) is 19.2. The number of carbonyl (C=O) groups excluding carboxylic acids is 1. The van der Waals surface area contributed by atoms with Crippen molar-refractivity contribution in [3.8, 4) is 17.1 Å². The first-order valence-corrected chi connectivity index (χ1v) is 11.4. The van der Waals surface area contributed by atoms with Crippen LogP contribution in [-0.4, -0.2) is 59.4 Å². The normalized spacial score (nSPS) is 18.0. The second-order valence-corrected chi connectivity index (χ2v) is 8.43. The van der Waals surface area contributed by atoms with Crippen LogP contribution in [0.5, 0.6) is 0 Å². The number of hydrogen-bond donors (Lipinski definition) is 1. The Morgan fingerprint density at radius 3 is 2.62 bits per heavy atom. The molecule has 1 aliphatic heterocycles. The Bertz CT molecular complexity index is 1280. The largest absolute Gasteiger partial charge is 0.364 e. The van der Waals surface area contributed by atoms with E-state index in [-0.39, 0.29) is 18.0 Å². The van der Waals surface area contributed by atoms with Crippen LogP contribution >= 0.6 is 0 Å². The lowest BCUT2D eigenvalue weighted by Gasteiger charge is -2.40. The van der Waals surface area contributed by atoms with Crippen LogP contribution in [0.3, 0.4) is 0 Å². The molecule has 9 nitrogen and oxygen atoms in total. The summed E-state index contributed by atoms with van der Waals surface area (Å²) in [6.45, 7) is 4.62. The third-order valence-corrected chi connectivity index (χ3v) is 6.14. The first-order chi connectivity index (χ1) is 16.6. The van der Waals surface area contributed by atoms with Gasteiger partial charge in [-0.15, -0.1) is 4.80 Å². The molecule has 4 heterocycles. The standard InChI is InChI=1S/C25H26N8O/c1-17-10-11-20(24(29-17)33-27-12-13-28-33)25(34)32-14-6-9-21(18(32)2)30-23-16-26-15-22(31-23)19-7-4-3-5-8-19/h3-5,7-8,10-13,15-16,18,21H,6,9,14H2,1-2H3,(H,30,31)/t18-,21+/m0/s1. The number of amides is 1. The van der Waals surface area contributed by atoms with E-state index >= 15 is 0 Å². The summed E-state index contributed by atoms with van der Waals surface area (Å²) in [6.07, 6.45) is 8.45. The minimum Gasteiger partial charge on any atom is -0.364 e. The fourth-order valence-electron chi connectivity index (χ4n) is 4.34. The second kappa shape index (κ2) is 9.38. The molecule has 0 saturated carbocycles. The van der Waals surface area contributed by atoms with Gasteiger partial charge < -0.3 is 10.2 Å². The molecule has 0 spiro atoms. The Morgan fingerprint density at radius 1 is 1.03 bits per heavy atom.